The molecule has 1 fully saturated rings. The van der Waals surface area contributed by atoms with Crippen LogP contribution in [0.4, 0.5) is 11.4 Å². The van der Waals surface area contributed by atoms with Gasteiger partial charge in [0.05, 0.1) is 17.9 Å². The number of benzene rings is 1. The number of hydrogen-bond acceptors (Lipinski definition) is 4. The number of halogens is 1. The van der Waals surface area contributed by atoms with Crippen LogP contribution < -0.4 is 15.5 Å². The minimum Gasteiger partial charge on any atom is -0.365 e. The molecule has 1 aromatic rings. The number of fused-ring (bicyclic) bond motifs is 1. The highest BCUT2D eigenvalue weighted by molar-refractivity contribution is 6.06. The first kappa shape index (κ1) is 21.7. The van der Waals surface area contributed by atoms with Crippen molar-refractivity contribution < 1.29 is 9.59 Å². The zero-order valence-corrected chi connectivity index (χ0v) is 17.4. The number of nitrogens with two attached hydrogens (primary N) is 1. The molecule has 150 valence electrons. The summed E-state index contributed by atoms with van der Waals surface area (Å²) in [6.07, 6.45) is 5.99. The third-order valence-corrected chi connectivity index (χ3v) is 5.61. The molecular formula is C21H32ClN3O2. The number of ketones is 1. The van der Waals surface area contributed by atoms with Crippen LogP contribution in [0.1, 0.15) is 52.9 Å². The average molecular weight is 394 g/mol. The molecular weight excluding hydrogens is 362 g/mol. The molecule has 1 aliphatic heterocycles. The van der Waals surface area contributed by atoms with Crippen molar-refractivity contribution in [3.05, 3.63) is 24.3 Å². The highest BCUT2D eigenvalue weighted by atomic mass is 35.5. The van der Waals surface area contributed by atoms with Gasteiger partial charge in [-0.3, -0.25) is 9.59 Å². The Morgan fingerprint density at radius 1 is 1.11 bits per heavy atom. The largest absolute Gasteiger partial charge is 0.365 e. The Bertz CT molecular complexity index is 680. The number of amides is 1. The molecule has 1 aliphatic carbocycles. The fourth-order valence-corrected chi connectivity index (χ4v) is 3.92. The maximum absolute atomic E-state index is 13.0. The molecule has 0 radical (unpaired) electrons. The molecule has 5 nitrogen and oxygen atoms in total. The Balaban J connectivity index is 0.00000261. The first-order valence-electron chi connectivity index (χ1n) is 9.75. The van der Waals surface area contributed by atoms with E-state index < -0.39 is 11.5 Å². The number of Topliss-reactive ketones (excluding diaryl/α,β-unsaturated/α-hetero) is 1. The topological polar surface area (TPSA) is 66.6 Å². The molecule has 3 rings (SSSR count). The van der Waals surface area contributed by atoms with Crippen molar-refractivity contribution in [3.63, 3.8) is 0 Å². The van der Waals surface area contributed by atoms with Gasteiger partial charge in [-0.15, -0.1) is 12.4 Å². The van der Waals surface area contributed by atoms with Crippen LogP contribution >= 0.6 is 12.4 Å². The summed E-state index contributed by atoms with van der Waals surface area (Å²) in [5.74, 6) is -0.118. The number of rotatable bonds is 3. The van der Waals surface area contributed by atoms with Gasteiger partial charge in [-0.2, -0.15) is 0 Å². The molecule has 0 spiro atoms. The number of nitrogens with zero attached hydrogens (tertiary/aromatic N) is 2. The van der Waals surface area contributed by atoms with Crippen molar-refractivity contribution in [2.24, 2.45) is 11.1 Å². The van der Waals surface area contributed by atoms with Crippen LogP contribution in [0, 0.1) is 5.41 Å². The molecule has 6 heteroatoms. The summed E-state index contributed by atoms with van der Waals surface area (Å²) in [7, 11) is 0. The van der Waals surface area contributed by atoms with Crippen molar-refractivity contribution in [3.8, 4) is 0 Å². The second-order valence-corrected chi connectivity index (χ2v) is 8.64. The summed E-state index contributed by atoms with van der Waals surface area (Å²) in [5.41, 5.74) is 7.64. The van der Waals surface area contributed by atoms with E-state index in [1.54, 1.807) is 4.90 Å². The first-order valence-corrected chi connectivity index (χ1v) is 9.75. The van der Waals surface area contributed by atoms with Gasteiger partial charge in [-0.1, -0.05) is 52.2 Å². The molecule has 1 atom stereocenters. The molecule has 0 saturated heterocycles. The molecule has 1 aromatic carbocycles. The lowest BCUT2D eigenvalue weighted by Gasteiger charge is -2.36. The summed E-state index contributed by atoms with van der Waals surface area (Å²) in [5, 5.41) is 0. The first-order chi connectivity index (χ1) is 12.3. The lowest BCUT2D eigenvalue weighted by molar-refractivity contribution is -0.127. The molecule has 0 unspecified atom stereocenters. The van der Waals surface area contributed by atoms with E-state index in [0.29, 0.717) is 12.6 Å². The van der Waals surface area contributed by atoms with Gasteiger partial charge in [0.2, 0.25) is 5.91 Å². The average Bonchev–Trinajstić information content (AvgIpc) is 2.72. The number of carbonyl (C=O) groups is 2. The fraction of sp³-hybridized carbons (Fsp3) is 0.619. The molecule has 27 heavy (non-hydrogen) atoms. The van der Waals surface area contributed by atoms with Gasteiger partial charge in [-0.25, -0.2) is 0 Å². The van der Waals surface area contributed by atoms with E-state index in [-0.39, 0.29) is 30.6 Å². The van der Waals surface area contributed by atoms with Gasteiger partial charge in [0, 0.05) is 18.0 Å². The smallest absolute Gasteiger partial charge is 0.246 e. The number of para-hydroxylation sites is 2. The van der Waals surface area contributed by atoms with Gasteiger partial charge in [0.15, 0.2) is 5.78 Å². The number of carbonyl (C=O) groups excluding carboxylic acids is 2. The Hall–Kier alpha value is -1.59. The lowest BCUT2D eigenvalue weighted by Crippen LogP contribution is -2.51. The van der Waals surface area contributed by atoms with Crippen molar-refractivity contribution >= 4 is 35.5 Å². The van der Waals surface area contributed by atoms with Gasteiger partial charge in [-0.05, 0) is 25.0 Å². The zero-order valence-electron chi connectivity index (χ0n) is 16.6. The van der Waals surface area contributed by atoms with Crippen LogP contribution in [0.2, 0.25) is 0 Å². The molecule has 2 aliphatic rings. The minimum atomic E-state index is -0.614. The van der Waals surface area contributed by atoms with Crippen molar-refractivity contribution in [2.45, 2.75) is 65.0 Å². The third-order valence-electron chi connectivity index (χ3n) is 5.61. The summed E-state index contributed by atoms with van der Waals surface area (Å²) in [6, 6.07) is 7.73. The Morgan fingerprint density at radius 3 is 2.30 bits per heavy atom. The van der Waals surface area contributed by atoms with Gasteiger partial charge < -0.3 is 15.5 Å². The van der Waals surface area contributed by atoms with Crippen LogP contribution in [0.25, 0.3) is 0 Å². The van der Waals surface area contributed by atoms with E-state index in [0.717, 1.165) is 24.2 Å². The predicted molar refractivity (Wildman–Crippen MR) is 113 cm³/mol. The monoisotopic (exact) mass is 393 g/mol. The lowest BCUT2D eigenvalue weighted by atomic mass is 9.90. The highest BCUT2D eigenvalue weighted by Gasteiger charge is 2.36. The van der Waals surface area contributed by atoms with Crippen molar-refractivity contribution in [2.75, 3.05) is 22.9 Å². The van der Waals surface area contributed by atoms with Gasteiger partial charge >= 0.3 is 0 Å². The zero-order chi connectivity index (χ0) is 18.9. The molecule has 1 heterocycles. The maximum atomic E-state index is 13.0. The van der Waals surface area contributed by atoms with Crippen LogP contribution in [0.5, 0.6) is 0 Å². The van der Waals surface area contributed by atoms with E-state index in [4.69, 9.17) is 5.73 Å². The van der Waals surface area contributed by atoms with E-state index in [9.17, 15) is 9.59 Å². The highest BCUT2D eigenvalue weighted by Crippen LogP contribution is 2.37. The molecule has 0 aromatic heterocycles. The van der Waals surface area contributed by atoms with Crippen LogP contribution in [-0.4, -0.2) is 36.9 Å². The Labute approximate surface area is 168 Å². The maximum Gasteiger partial charge on any atom is 0.246 e. The quantitative estimate of drug-likeness (QED) is 0.852. The molecule has 1 amide bonds. The van der Waals surface area contributed by atoms with Crippen molar-refractivity contribution in [1.82, 2.24) is 0 Å². The molecule has 1 saturated carbocycles. The predicted octanol–water partition coefficient (Wildman–Crippen LogP) is 3.54. The van der Waals surface area contributed by atoms with Gasteiger partial charge in [0.25, 0.3) is 0 Å². The standard InChI is InChI=1S/C21H31N3O2.ClH/c1-21(2,3)19(25)14-24-18-12-8-7-11-17(18)23(13-16(22)20(24)26)15-9-5-4-6-10-15;/h7-8,11-12,15-16H,4-6,9-10,13-14,22H2,1-3H3;1H/t16-;/m1./s1. The number of anilines is 2. The van der Waals surface area contributed by atoms with E-state index in [1.165, 1.54) is 19.3 Å². The second kappa shape index (κ2) is 8.61. The Morgan fingerprint density at radius 2 is 1.70 bits per heavy atom. The third kappa shape index (κ3) is 4.64. The van der Waals surface area contributed by atoms with Crippen LogP contribution in [-0.2, 0) is 9.59 Å². The minimum absolute atomic E-state index is 0. The van der Waals surface area contributed by atoms with Gasteiger partial charge in [0.1, 0.15) is 6.04 Å². The molecule has 2 N–H and O–H groups in total. The fourth-order valence-electron chi connectivity index (χ4n) is 3.92. The summed E-state index contributed by atoms with van der Waals surface area (Å²) < 4.78 is 0. The number of hydrogen-bond donors (Lipinski definition) is 1. The normalized spacial score (nSPS) is 21.3. The summed E-state index contributed by atoms with van der Waals surface area (Å²) >= 11 is 0. The SMILES string of the molecule is CC(C)(C)C(=O)CN1C(=O)[C@H](N)CN(C2CCCCC2)c2ccccc21.Cl. The summed E-state index contributed by atoms with van der Waals surface area (Å²) in [6.45, 7) is 6.25. The van der Waals surface area contributed by atoms with E-state index in [1.807, 2.05) is 39.0 Å². The molecule has 0 bridgehead atoms. The van der Waals surface area contributed by atoms with E-state index in [2.05, 4.69) is 11.0 Å². The second-order valence-electron chi connectivity index (χ2n) is 8.64. The Kier molecular flexibility index (Phi) is 6.92. The van der Waals surface area contributed by atoms with Crippen LogP contribution in [0.15, 0.2) is 24.3 Å². The van der Waals surface area contributed by atoms with Crippen LogP contribution in [0.3, 0.4) is 0 Å². The summed E-state index contributed by atoms with van der Waals surface area (Å²) in [4.78, 5) is 29.6. The van der Waals surface area contributed by atoms with Crippen molar-refractivity contribution in [1.29, 1.82) is 0 Å². The van der Waals surface area contributed by atoms with E-state index >= 15 is 0 Å².